The van der Waals surface area contributed by atoms with Crippen LogP contribution in [0, 0.1) is 0 Å². The number of hydrogen-bond donors (Lipinski definition) is 0. The molecule has 1 aromatic rings. The van der Waals surface area contributed by atoms with Gasteiger partial charge in [-0.15, -0.1) is 0 Å². The number of esters is 1. The molecule has 0 aromatic heterocycles. The Kier molecular flexibility index (Phi) is 4.83. The number of rotatable bonds is 5. The highest BCUT2D eigenvalue weighted by molar-refractivity contribution is 6.10. The average molecular weight is 316 g/mol. The third-order valence-corrected chi connectivity index (χ3v) is 3.80. The van der Waals surface area contributed by atoms with Gasteiger partial charge in [-0.1, -0.05) is 24.8 Å². The van der Waals surface area contributed by atoms with Gasteiger partial charge in [0.15, 0.2) is 0 Å². The Morgan fingerprint density at radius 3 is 2.39 bits per heavy atom. The SMILES string of the molecule is C=C1c2ccccc2C(=O)N1CC(=O)N(CC(=O)OC)C(C)C. The molecule has 6 heteroatoms. The van der Waals surface area contributed by atoms with E-state index in [1.54, 1.807) is 32.0 Å². The zero-order valence-electron chi connectivity index (χ0n) is 13.5. The summed E-state index contributed by atoms with van der Waals surface area (Å²) in [5.74, 6) is -1.07. The molecule has 0 saturated carbocycles. The van der Waals surface area contributed by atoms with Gasteiger partial charge in [0.25, 0.3) is 5.91 Å². The van der Waals surface area contributed by atoms with Crippen molar-refractivity contribution in [2.45, 2.75) is 19.9 Å². The first-order chi connectivity index (χ1) is 10.9. The molecule has 2 amide bonds. The van der Waals surface area contributed by atoms with Crippen LogP contribution in [-0.2, 0) is 14.3 Å². The topological polar surface area (TPSA) is 66.9 Å². The van der Waals surface area contributed by atoms with Gasteiger partial charge >= 0.3 is 5.97 Å². The highest BCUT2D eigenvalue weighted by Crippen LogP contribution is 2.30. The quantitative estimate of drug-likeness (QED) is 0.773. The fourth-order valence-corrected chi connectivity index (χ4v) is 2.49. The van der Waals surface area contributed by atoms with Crippen molar-refractivity contribution in [1.82, 2.24) is 9.80 Å². The maximum absolute atomic E-state index is 12.5. The lowest BCUT2D eigenvalue weighted by atomic mass is 10.1. The van der Waals surface area contributed by atoms with Crippen molar-refractivity contribution in [2.75, 3.05) is 20.2 Å². The van der Waals surface area contributed by atoms with Gasteiger partial charge in [0.05, 0.1) is 7.11 Å². The van der Waals surface area contributed by atoms with E-state index in [0.717, 1.165) is 5.56 Å². The Morgan fingerprint density at radius 2 is 1.87 bits per heavy atom. The summed E-state index contributed by atoms with van der Waals surface area (Å²) >= 11 is 0. The van der Waals surface area contributed by atoms with E-state index in [-0.39, 0.29) is 30.9 Å². The molecule has 6 nitrogen and oxygen atoms in total. The second-order valence-corrected chi connectivity index (χ2v) is 5.58. The number of carbonyl (C=O) groups is 3. The van der Waals surface area contributed by atoms with E-state index in [4.69, 9.17) is 0 Å². The molecule has 0 aliphatic carbocycles. The van der Waals surface area contributed by atoms with Crippen LogP contribution in [0.1, 0.15) is 29.8 Å². The van der Waals surface area contributed by atoms with Crippen molar-refractivity contribution in [3.8, 4) is 0 Å². The van der Waals surface area contributed by atoms with Crippen LogP contribution in [-0.4, -0.2) is 53.8 Å². The Morgan fingerprint density at radius 1 is 1.26 bits per heavy atom. The van der Waals surface area contributed by atoms with E-state index in [1.165, 1.54) is 16.9 Å². The molecular weight excluding hydrogens is 296 g/mol. The lowest BCUT2D eigenvalue weighted by Gasteiger charge is -2.28. The first-order valence-corrected chi connectivity index (χ1v) is 7.33. The van der Waals surface area contributed by atoms with Gasteiger partial charge in [0.2, 0.25) is 5.91 Å². The lowest BCUT2D eigenvalue weighted by molar-refractivity contribution is -0.148. The summed E-state index contributed by atoms with van der Waals surface area (Å²) in [6.07, 6.45) is 0. The summed E-state index contributed by atoms with van der Waals surface area (Å²) in [4.78, 5) is 39.1. The molecule has 0 bridgehead atoms. The number of methoxy groups -OCH3 is 1. The summed E-state index contributed by atoms with van der Waals surface area (Å²) in [5, 5.41) is 0. The van der Waals surface area contributed by atoms with Crippen molar-refractivity contribution >= 4 is 23.5 Å². The fraction of sp³-hybridized carbons (Fsp3) is 0.353. The Hall–Kier alpha value is -2.63. The Bertz CT molecular complexity index is 631. The van der Waals surface area contributed by atoms with E-state index in [0.29, 0.717) is 11.3 Å². The molecule has 0 N–H and O–H groups in total. The van der Waals surface area contributed by atoms with Crippen molar-refractivity contribution in [3.05, 3.63) is 42.0 Å². The van der Waals surface area contributed by atoms with Crippen LogP contribution in [0.3, 0.4) is 0 Å². The molecule has 122 valence electrons. The predicted molar refractivity (Wildman–Crippen MR) is 85.4 cm³/mol. The second kappa shape index (κ2) is 6.64. The summed E-state index contributed by atoms with van der Waals surface area (Å²) in [6.45, 7) is 7.21. The molecule has 0 radical (unpaired) electrons. The number of carbonyl (C=O) groups excluding carboxylic acids is 3. The van der Waals surface area contributed by atoms with E-state index in [1.807, 2.05) is 6.07 Å². The van der Waals surface area contributed by atoms with E-state index in [9.17, 15) is 14.4 Å². The molecule has 2 rings (SSSR count). The Labute approximate surface area is 135 Å². The van der Waals surface area contributed by atoms with Crippen LogP contribution < -0.4 is 0 Å². The predicted octanol–water partition coefficient (Wildman–Crippen LogP) is 1.52. The monoisotopic (exact) mass is 316 g/mol. The van der Waals surface area contributed by atoms with Gasteiger partial charge in [-0.25, -0.2) is 0 Å². The molecule has 1 aliphatic rings. The van der Waals surface area contributed by atoms with Crippen LogP contribution in [0.25, 0.3) is 5.70 Å². The van der Waals surface area contributed by atoms with Crippen molar-refractivity contribution in [1.29, 1.82) is 0 Å². The minimum Gasteiger partial charge on any atom is -0.468 e. The van der Waals surface area contributed by atoms with Gasteiger partial charge in [0, 0.05) is 22.9 Å². The van der Waals surface area contributed by atoms with Crippen LogP contribution in [0.5, 0.6) is 0 Å². The molecule has 23 heavy (non-hydrogen) atoms. The highest BCUT2D eigenvalue weighted by Gasteiger charge is 2.33. The second-order valence-electron chi connectivity index (χ2n) is 5.58. The number of nitrogens with zero attached hydrogens (tertiary/aromatic N) is 2. The standard InChI is InChI=1S/C17H20N2O4/c1-11(2)18(10-16(21)23-4)15(20)9-19-12(3)13-7-5-6-8-14(13)17(19)22/h5-8,11H,3,9-10H2,1-2,4H3. The fourth-order valence-electron chi connectivity index (χ4n) is 2.49. The molecule has 0 unspecified atom stereocenters. The molecule has 1 aromatic carbocycles. The number of fused-ring (bicyclic) bond motifs is 1. The van der Waals surface area contributed by atoms with Crippen molar-refractivity contribution in [3.63, 3.8) is 0 Å². The molecule has 1 aliphatic heterocycles. The van der Waals surface area contributed by atoms with E-state index >= 15 is 0 Å². The van der Waals surface area contributed by atoms with Gasteiger partial charge in [0.1, 0.15) is 13.1 Å². The highest BCUT2D eigenvalue weighted by atomic mass is 16.5. The number of ether oxygens (including phenoxy) is 1. The van der Waals surface area contributed by atoms with Gasteiger partial charge < -0.3 is 9.64 Å². The van der Waals surface area contributed by atoms with Gasteiger partial charge in [-0.3, -0.25) is 19.3 Å². The van der Waals surface area contributed by atoms with E-state index in [2.05, 4.69) is 11.3 Å². The van der Waals surface area contributed by atoms with E-state index < -0.39 is 5.97 Å². The third-order valence-electron chi connectivity index (χ3n) is 3.80. The molecule has 0 saturated heterocycles. The zero-order valence-corrected chi connectivity index (χ0v) is 13.5. The summed E-state index contributed by atoms with van der Waals surface area (Å²) in [6, 6.07) is 6.92. The van der Waals surface area contributed by atoms with Crippen molar-refractivity contribution < 1.29 is 19.1 Å². The normalized spacial score (nSPS) is 13.3. The molecule has 0 spiro atoms. The lowest BCUT2D eigenvalue weighted by Crippen LogP contribution is -2.46. The minimum absolute atomic E-state index is 0.144. The number of amides is 2. The zero-order chi connectivity index (χ0) is 17.1. The van der Waals surface area contributed by atoms with Crippen LogP contribution >= 0.6 is 0 Å². The molecule has 1 heterocycles. The smallest absolute Gasteiger partial charge is 0.325 e. The number of hydrogen-bond acceptors (Lipinski definition) is 4. The summed E-state index contributed by atoms with van der Waals surface area (Å²) in [5.41, 5.74) is 1.77. The summed E-state index contributed by atoms with van der Waals surface area (Å²) < 4.78 is 4.61. The maximum atomic E-state index is 12.5. The molecule has 0 atom stereocenters. The van der Waals surface area contributed by atoms with Gasteiger partial charge in [-0.2, -0.15) is 0 Å². The largest absolute Gasteiger partial charge is 0.468 e. The van der Waals surface area contributed by atoms with Crippen molar-refractivity contribution in [2.24, 2.45) is 0 Å². The minimum atomic E-state index is -0.498. The molecular formula is C17H20N2O4. The first kappa shape index (κ1) is 16.7. The Balaban J connectivity index is 2.15. The van der Waals surface area contributed by atoms with Crippen LogP contribution in [0.4, 0.5) is 0 Å². The average Bonchev–Trinajstić information content (AvgIpc) is 2.77. The maximum Gasteiger partial charge on any atom is 0.325 e. The first-order valence-electron chi connectivity index (χ1n) is 7.33. The van der Waals surface area contributed by atoms with Crippen LogP contribution in [0.2, 0.25) is 0 Å². The number of benzene rings is 1. The van der Waals surface area contributed by atoms with Crippen LogP contribution in [0.15, 0.2) is 30.8 Å². The van der Waals surface area contributed by atoms with Gasteiger partial charge in [-0.05, 0) is 19.9 Å². The third kappa shape index (κ3) is 3.26. The summed E-state index contributed by atoms with van der Waals surface area (Å²) in [7, 11) is 1.27. The molecule has 0 fully saturated rings.